The number of aliphatic hydroxyl groups excluding tert-OH is 1. The lowest BCUT2D eigenvalue weighted by Gasteiger charge is -2.33. The summed E-state index contributed by atoms with van der Waals surface area (Å²) in [4.78, 5) is 4.89. The lowest BCUT2D eigenvalue weighted by molar-refractivity contribution is -0.176. The van der Waals surface area contributed by atoms with Gasteiger partial charge in [-0.05, 0) is 31.0 Å². The monoisotopic (exact) mass is 276 g/mol. The lowest BCUT2D eigenvalue weighted by Crippen LogP contribution is -2.42. The van der Waals surface area contributed by atoms with E-state index in [2.05, 4.69) is 27.1 Å². The minimum atomic E-state index is -0.991. The van der Waals surface area contributed by atoms with Crippen LogP contribution in [0.25, 0.3) is 10.4 Å². The highest BCUT2D eigenvalue weighted by atomic mass is 16.6. The summed E-state index contributed by atoms with van der Waals surface area (Å²) in [5.74, 6) is 0. The highest BCUT2D eigenvalue weighted by Crippen LogP contribution is 2.21. The third-order valence-electron chi connectivity index (χ3n) is 3.46. The summed E-state index contributed by atoms with van der Waals surface area (Å²) in [5.41, 5.74) is 9.64. The molecule has 0 spiro atoms. The average molecular weight is 276 g/mol. The zero-order valence-electron chi connectivity index (χ0n) is 11.6. The van der Waals surface area contributed by atoms with Crippen molar-refractivity contribution < 1.29 is 9.84 Å². The molecule has 1 aromatic carbocycles. The molecule has 0 amide bonds. The van der Waals surface area contributed by atoms with Gasteiger partial charge in [0, 0.05) is 18.0 Å². The van der Waals surface area contributed by atoms with Crippen LogP contribution in [0.5, 0.6) is 0 Å². The summed E-state index contributed by atoms with van der Waals surface area (Å²) >= 11 is 0. The van der Waals surface area contributed by atoms with Gasteiger partial charge in [-0.1, -0.05) is 35.4 Å². The van der Waals surface area contributed by atoms with E-state index in [9.17, 15) is 5.11 Å². The van der Waals surface area contributed by atoms with Crippen LogP contribution >= 0.6 is 0 Å². The van der Waals surface area contributed by atoms with Gasteiger partial charge in [0.15, 0.2) is 6.29 Å². The average Bonchev–Trinajstić information content (AvgIpc) is 2.43. The van der Waals surface area contributed by atoms with E-state index in [-0.39, 0.29) is 6.10 Å². The van der Waals surface area contributed by atoms with Crippen molar-refractivity contribution in [2.45, 2.75) is 37.8 Å². The molecule has 1 aliphatic heterocycles. The Morgan fingerprint density at radius 1 is 1.40 bits per heavy atom. The van der Waals surface area contributed by atoms with Crippen LogP contribution in [0.3, 0.4) is 0 Å². The van der Waals surface area contributed by atoms with Crippen molar-refractivity contribution >= 4 is 0 Å². The minimum Gasteiger partial charge on any atom is -0.368 e. The quantitative estimate of drug-likeness (QED) is 0.509. The molecule has 0 bridgehead atoms. The molecule has 6 heteroatoms. The molecule has 1 aromatic rings. The van der Waals surface area contributed by atoms with Crippen LogP contribution in [0.15, 0.2) is 35.4 Å². The van der Waals surface area contributed by atoms with E-state index in [1.165, 1.54) is 5.56 Å². The second-order valence-corrected chi connectivity index (χ2v) is 5.18. The van der Waals surface area contributed by atoms with Crippen molar-refractivity contribution in [3.63, 3.8) is 0 Å². The third kappa shape index (κ3) is 4.21. The molecular formula is C14H20N4O2. The third-order valence-corrected chi connectivity index (χ3v) is 3.46. The Morgan fingerprint density at radius 2 is 2.15 bits per heavy atom. The molecule has 1 saturated heterocycles. The molecule has 0 aliphatic carbocycles. The molecule has 1 fully saturated rings. The smallest absolute Gasteiger partial charge is 0.163 e. The van der Waals surface area contributed by atoms with Crippen molar-refractivity contribution in [1.82, 2.24) is 4.90 Å². The maximum Gasteiger partial charge on any atom is 0.163 e. The molecule has 20 heavy (non-hydrogen) atoms. The van der Waals surface area contributed by atoms with E-state index in [0.29, 0.717) is 6.42 Å². The summed E-state index contributed by atoms with van der Waals surface area (Å²) in [7, 11) is 2.03. The number of rotatable bonds is 5. The first-order valence-electron chi connectivity index (χ1n) is 6.79. The number of likely N-dealkylation sites (N-methyl/N-ethyl adjacent to an activating group) is 1. The van der Waals surface area contributed by atoms with Crippen LogP contribution < -0.4 is 0 Å². The summed E-state index contributed by atoms with van der Waals surface area (Å²) in [6.45, 7) is 1.59. The van der Waals surface area contributed by atoms with E-state index in [1.807, 2.05) is 25.2 Å². The van der Waals surface area contributed by atoms with Crippen LogP contribution in [-0.4, -0.2) is 42.0 Å². The number of azide groups is 1. The molecule has 108 valence electrons. The first-order valence-corrected chi connectivity index (χ1v) is 6.79. The van der Waals surface area contributed by atoms with Gasteiger partial charge in [-0.15, -0.1) is 0 Å². The highest BCUT2D eigenvalue weighted by molar-refractivity contribution is 5.14. The lowest BCUT2D eigenvalue weighted by atomic mass is 10.0. The van der Waals surface area contributed by atoms with Gasteiger partial charge in [-0.3, -0.25) is 4.90 Å². The largest absolute Gasteiger partial charge is 0.368 e. The number of ether oxygens (including phenoxy) is 1. The van der Waals surface area contributed by atoms with Crippen LogP contribution in [-0.2, 0) is 11.3 Å². The van der Waals surface area contributed by atoms with E-state index in [1.54, 1.807) is 0 Å². The number of nitrogens with zero attached hydrogens (tertiary/aromatic N) is 4. The summed E-state index contributed by atoms with van der Waals surface area (Å²) in [6.07, 6.45) is 0.438. The molecule has 0 radical (unpaired) electrons. The van der Waals surface area contributed by atoms with Crippen LogP contribution in [0, 0.1) is 0 Å². The van der Waals surface area contributed by atoms with Gasteiger partial charge in [0.25, 0.3) is 0 Å². The molecule has 2 rings (SSSR count). The molecule has 1 unspecified atom stereocenters. The summed E-state index contributed by atoms with van der Waals surface area (Å²) < 4.78 is 5.51. The molecule has 0 saturated carbocycles. The second kappa shape index (κ2) is 7.26. The van der Waals surface area contributed by atoms with E-state index in [0.717, 1.165) is 19.5 Å². The maximum atomic E-state index is 9.77. The number of aliphatic hydroxyl groups is 1. The Hall–Kier alpha value is -1.59. The van der Waals surface area contributed by atoms with E-state index in [4.69, 9.17) is 10.3 Å². The summed E-state index contributed by atoms with van der Waals surface area (Å²) in [5, 5.41) is 13.3. The Bertz CT molecular complexity index is 462. The highest BCUT2D eigenvalue weighted by Gasteiger charge is 2.29. The van der Waals surface area contributed by atoms with Gasteiger partial charge in [-0.25, -0.2) is 0 Å². The first-order chi connectivity index (χ1) is 9.69. The topological polar surface area (TPSA) is 81.5 Å². The van der Waals surface area contributed by atoms with Crippen molar-refractivity contribution in [2.75, 3.05) is 13.6 Å². The van der Waals surface area contributed by atoms with Gasteiger partial charge in [-0.2, -0.15) is 0 Å². The molecule has 1 N–H and O–H groups in total. The number of benzene rings is 1. The normalized spacial score (nSPS) is 26.2. The summed E-state index contributed by atoms with van der Waals surface area (Å²) in [6, 6.07) is 9.76. The fourth-order valence-electron chi connectivity index (χ4n) is 2.48. The molecular weight excluding hydrogens is 256 g/mol. The minimum absolute atomic E-state index is 0.0242. The van der Waals surface area contributed by atoms with E-state index >= 15 is 0 Å². The van der Waals surface area contributed by atoms with Crippen molar-refractivity contribution in [2.24, 2.45) is 5.11 Å². The molecule has 1 heterocycles. The predicted molar refractivity (Wildman–Crippen MR) is 75.8 cm³/mol. The fourth-order valence-corrected chi connectivity index (χ4v) is 2.48. The van der Waals surface area contributed by atoms with Gasteiger partial charge in [0.05, 0.1) is 12.1 Å². The number of hydrogen-bond donors (Lipinski definition) is 1. The second-order valence-electron chi connectivity index (χ2n) is 5.18. The van der Waals surface area contributed by atoms with Crippen LogP contribution in [0.4, 0.5) is 0 Å². The van der Waals surface area contributed by atoms with Gasteiger partial charge in [0.2, 0.25) is 0 Å². The van der Waals surface area contributed by atoms with Crippen molar-refractivity contribution in [3.05, 3.63) is 46.3 Å². The Balaban J connectivity index is 1.81. The molecule has 6 nitrogen and oxygen atoms in total. The van der Waals surface area contributed by atoms with E-state index < -0.39 is 12.3 Å². The fraction of sp³-hybridized carbons (Fsp3) is 0.571. The predicted octanol–water partition coefficient (Wildman–Crippen LogP) is 2.29. The van der Waals surface area contributed by atoms with Gasteiger partial charge >= 0.3 is 0 Å². The first kappa shape index (κ1) is 14.8. The van der Waals surface area contributed by atoms with Crippen molar-refractivity contribution in [3.8, 4) is 0 Å². The molecule has 1 aliphatic rings. The van der Waals surface area contributed by atoms with Gasteiger partial charge in [0.1, 0.15) is 0 Å². The Labute approximate surface area is 118 Å². The zero-order valence-corrected chi connectivity index (χ0v) is 11.6. The molecule has 3 atom stereocenters. The maximum absolute atomic E-state index is 9.77. The van der Waals surface area contributed by atoms with Crippen LogP contribution in [0.2, 0.25) is 0 Å². The SMILES string of the molecule is CN(Cc1ccccc1)C[C@@H]1CCC(N=[N+]=[N-])[C@@H](O)O1. The Kier molecular flexibility index (Phi) is 5.38. The Morgan fingerprint density at radius 3 is 2.80 bits per heavy atom. The van der Waals surface area contributed by atoms with Crippen molar-refractivity contribution in [1.29, 1.82) is 0 Å². The zero-order chi connectivity index (χ0) is 14.4. The molecule has 0 aromatic heterocycles. The standard InChI is InChI=1S/C14H20N4O2/c1-18(9-11-5-3-2-4-6-11)10-12-7-8-13(16-17-15)14(19)20-12/h2-6,12-14,19H,7-10H2,1H3/t12-,13?,14-/m0/s1. The van der Waals surface area contributed by atoms with Gasteiger partial charge < -0.3 is 9.84 Å². The number of hydrogen-bond acceptors (Lipinski definition) is 4. The van der Waals surface area contributed by atoms with Crippen LogP contribution in [0.1, 0.15) is 18.4 Å².